The van der Waals surface area contributed by atoms with Crippen molar-refractivity contribution in [3.63, 3.8) is 0 Å². The van der Waals surface area contributed by atoms with E-state index in [-0.39, 0.29) is 5.56 Å². The standard InChI is InChI=1S/C10H8F6O/c1-5-2-3-6(8(17)10(14,15)16)4-7(5)9(11,12)13/h2-4,8,17H,1H3/t8-/m1/s1. The van der Waals surface area contributed by atoms with Crippen molar-refractivity contribution in [3.8, 4) is 0 Å². The maximum atomic E-state index is 12.4. The minimum absolute atomic E-state index is 0.198. The minimum Gasteiger partial charge on any atom is -0.379 e. The number of hydrogen-bond acceptors (Lipinski definition) is 1. The third-order valence-corrected chi connectivity index (χ3v) is 2.19. The third kappa shape index (κ3) is 3.12. The van der Waals surface area contributed by atoms with Gasteiger partial charge in [-0.3, -0.25) is 0 Å². The molecular formula is C10H8F6O. The number of alkyl halides is 6. The van der Waals surface area contributed by atoms with Crippen LogP contribution < -0.4 is 0 Å². The molecule has 0 fully saturated rings. The van der Waals surface area contributed by atoms with Crippen molar-refractivity contribution >= 4 is 0 Å². The molecule has 0 aliphatic carbocycles. The summed E-state index contributed by atoms with van der Waals surface area (Å²) in [5.74, 6) is 0. The molecule has 0 radical (unpaired) electrons. The molecule has 1 aromatic carbocycles. The number of hydrogen-bond donors (Lipinski definition) is 1. The van der Waals surface area contributed by atoms with Gasteiger partial charge in [-0.05, 0) is 24.1 Å². The fourth-order valence-electron chi connectivity index (χ4n) is 1.30. The first-order chi connectivity index (χ1) is 7.53. The molecule has 0 amide bonds. The van der Waals surface area contributed by atoms with E-state index in [1.165, 1.54) is 0 Å². The van der Waals surface area contributed by atoms with Gasteiger partial charge in [0.2, 0.25) is 0 Å². The average molecular weight is 258 g/mol. The molecule has 1 rings (SSSR count). The average Bonchev–Trinajstić information content (AvgIpc) is 2.14. The highest BCUT2D eigenvalue weighted by atomic mass is 19.4. The molecule has 1 atom stereocenters. The van der Waals surface area contributed by atoms with Crippen molar-refractivity contribution in [3.05, 3.63) is 34.9 Å². The Labute approximate surface area is 92.7 Å². The van der Waals surface area contributed by atoms with Gasteiger partial charge in [0, 0.05) is 0 Å². The Kier molecular flexibility index (Phi) is 3.42. The van der Waals surface area contributed by atoms with Gasteiger partial charge in [-0.15, -0.1) is 0 Å². The van der Waals surface area contributed by atoms with Crippen LogP contribution in [0.4, 0.5) is 26.3 Å². The molecule has 1 aromatic rings. The topological polar surface area (TPSA) is 20.2 Å². The zero-order valence-electron chi connectivity index (χ0n) is 8.52. The molecule has 1 N–H and O–H groups in total. The first-order valence-corrected chi connectivity index (χ1v) is 4.46. The van der Waals surface area contributed by atoms with Gasteiger partial charge in [0.05, 0.1) is 5.56 Å². The summed E-state index contributed by atoms with van der Waals surface area (Å²) in [6, 6.07) is 2.03. The number of aliphatic hydroxyl groups is 1. The van der Waals surface area contributed by atoms with Crippen molar-refractivity contribution in [1.82, 2.24) is 0 Å². The van der Waals surface area contributed by atoms with Gasteiger partial charge >= 0.3 is 12.4 Å². The van der Waals surface area contributed by atoms with E-state index in [4.69, 9.17) is 5.11 Å². The Hall–Kier alpha value is -1.24. The van der Waals surface area contributed by atoms with E-state index in [1.807, 2.05) is 0 Å². The highest BCUT2D eigenvalue weighted by Gasteiger charge is 2.41. The largest absolute Gasteiger partial charge is 0.418 e. The van der Waals surface area contributed by atoms with E-state index in [2.05, 4.69) is 0 Å². The van der Waals surface area contributed by atoms with Gasteiger partial charge in [-0.1, -0.05) is 12.1 Å². The zero-order chi connectivity index (χ0) is 13.4. The first-order valence-electron chi connectivity index (χ1n) is 4.46. The first kappa shape index (κ1) is 13.8. The fourth-order valence-corrected chi connectivity index (χ4v) is 1.30. The molecule has 1 nitrogen and oxygen atoms in total. The molecule has 0 spiro atoms. The van der Waals surface area contributed by atoms with Crippen molar-refractivity contribution < 1.29 is 31.4 Å². The van der Waals surface area contributed by atoms with Crippen molar-refractivity contribution in [2.24, 2.45) is 0 Å². The summed E-state index contributed by atoms with van der Waals surface area (Å²) in [4.78, 5) is 0. The Morgan fingerprint density at radius 1 is 1.06 bits per heavy atom. The predicted molar refractivity (Wildman–Crippen MR) is 47.2 cm³/mol. The summed E-state index contributed by atoms with van der Waals surface area (Å²) in [7, 11) is 0. The molecule has 0 aliphatic heterocycles. The van der Waals surface area contributed by atoms with E-state index in [1.54, 1.807) is 0 Å². The molecule has 17 heavy (non-hydrogen) atoms. The van der Waals surface area contributed by atoms with Crippen LogP contribution in [0, 0.1) is 6.92 Å². The number of halogens is 6. The lowest BCUT2D eigenvalue weighted by Gasteiger charge is -2.17. The van der Waals surface area contributed by atoms with Gasteiger partial charge < -0.3 is 5.11 Å². The van der Waals surface area contributed by atoms with Gasteiger partial charge in [-0.2, -0.15) is 26.3 Å². The van der Waals surface area contributed by atoms with Crippen LogP contribution in [0.2, 0.25) is 0 Å². The summed E-state index contributed by atoms with van der Waals surface area (Å²) in [6.45, 7) is 1.13. The van der Waals surface area contributed by atoms with Gasteiger partial charge in [0.1, 0.15) is 0 Å². The molecule has 7 heteroatoms. The normalized spacial score (nSPS) is 14.8. The second kappa shape index (κ2) is 4.21. The van der Waals surface area contributed by atoms with E-state index < -0.39 is 29.6 Å². The molecule has 0 heterocycles. The summed E-state index contributed by atoms with van der Waals surface area (Å²) in [5.41, 5.74) is -2.20. The second-order valence-electron chi connectivity index (χ2n) is 3.52. The molecular weight excluding hydrogens is 250 g/mol. The number of rotatable bonds is 1. The molecule has 0 saturated carbocycles. The monoisotopic (exact) mass is 258 g/mol. The third-order valence-electron chi connectivity index (χ3n) is 2.19. The summed E-state index contributed by atoms with van der Waals surface area (Å²) in [5, 5.41) is 8.85. The SMILES string of the molecule is Cc1ccc([C@@H](O)C(F)(F)F)cc1C(F)(F)F. The van der Waals surface area contributed by atoms with Crippen molar-refractivity contribution in [2.75, 3.05) is 0 Å². The molecule has 0 bridgehead atoms. The quantitative estimate of drug-likeness (QED) is 0.763. The lowest BCUT2D eigenvalue weighted by molar-refractivity contribution is -0.207. The molecule has 0 unspecified atom stereocenters. The van der Waals surface area contributed by atoms with Crippen LogP contribution in [0.3, 0.4) is 0 Å². The summed E-state index contributed by atoms with van der Waals surface area (Å²) in [6.07, 6.45) is -12.6. The van der Waals surface area contributed by atoms with Gasteiger partial charge in [0.15, 0.2) is 6.10 Å². The van der Waals surface area contributed by atoms with Crippen molar-refractivity contribution in [2.45, 2.75) is 25.4 Å². The highest BCUT2D eigenvalue weighted by molar-refractivity contribution is 5.34. The minimum atomic E-state index is -4.99. The van der Waals surface area contributed by atoms with E-state index >= 15 is 0 Å². The van der Waals surface area contributed by atoms with Crippen LogP contribution >= 0.6 is 0 Å². The second-order valence-corrected chi connectivity index (χ2v) is 3.52. The fraction of sp³-hybridized carbons (Fsp3) is 0.400. The molecule has 0 aromatic heterocycles. The summed E-state index contributed by atoms with van der Waals surface area (Å²) >= 11 is 0. The number of aryl methyl sites for hydroxylation is 1. The number of aliphatic hydroxyl groups excluding tert-OH is 1. The number of benzene rings is 1. The Balaban J connectivity index is 3.23. The maximum Gasteiger partial charge on any atom is 0.418 e. The zero-order valence-corrected chi connectivity index (χ0v) is 8.52. The van der Waals surface area contributed by atoms with E-state index in [9.17, 15) is 26.3 Å². The highest BCUT2D eigenvalue weighted by Crippen LogP contribution is 2.37. The van der Waals surface area contributed by atoms with E-state index in [0.717, 1.165) is 19.1 Å². The Morgan fingerprint density at radius 3 is 2.00 bits per heavy atom. The van der Waals surface area contributed by atoms with Crippen LogP contribution in [-0.2, 0) is 6.18 Å². The van der Waals surface area contributed by atoms with Crippen LogP contribution in [0.5, 0.6) is 0 Å². The van der Waals surface area contributed by atoms with Crippen LogP contribution in [-0.4, -0.2) is 11.3 Å². The van der Waals surface area contributed by atoms with Crippen molar-refractivity contribution in [1.29, 1.82) is 0 Å². The predicted octanol–water partition coefficient (Wildman–Crippen LogP) is 3.61. The van der Waals surface area contributed by atoms with Gasteiger partial charge in [-0.25, -0.2) is 0 Å². The smallest absolute Gasteiger partial charge is 0.379 e. The van der Waals surface area contributed by atoms with Crippen LogP contribution in [0.1, 0.15) is 22.8 Å². The summed E-state index contributed by atoms with van der Waals surface area (Å²) < 4.78 is 73.7. The van der Waals surface area contributed by atoms with Crippen LogP contribution in [0.15, 0.2) is 18.2 Å². The van der Waals surface area contributed by atoms with Crippen LogP contribution in [0.25, 0.3) is 0 Å². The molecule has 0 aliphatic rings. The maximum absolute atomic E-state index is 12.4. The Bertz CT molecular complexity index is 406. The lowest BCUT2D eigenvalue weighted by Crippen LogP contribution is -2.21. The Morgan fingerprint density at radius 2 is 1.59 bits per heavy atom. The molecule has 96 valence electrons. The molecule has 0 saturated heterocycles. The van der Waals surface area contributed by atoms with Gasteiger partial charge in [0.25, 0.3) is 0 Å². The lowest BCUT2D eigenvalue weighted by atomic mass is 10.0. The van der Waals surface area contributed by atoms with E-state index in [0.29, 0.717) is 6.07 Å².